The lowest BCUT2D eigenvalue weighted by molar-refractivity contribution is 0.558. The molecule has 2 atom stereocenters. The lowest BCUT2D eigenvalue weighted by Gasteiger charge is -2.33. The first kappa shape index (κ1) is 15.6. The maximum Gasteiger partial charge on any atom is 0.0992 e. The van der Waals surface area contributed by atoms with Gasteiger partial charge in [-0.1, -0.05) is 34.1 Å². The fraction of sp³-hybridized carbons (Fsp3) is 0.235. The van der Waals surface area contributed by atoms with Crippen molar-refractivity contribution in [1.82, 2.24) is 0 Å². The SMILES string of the molecule is CC(N)C(c1cccc(Br)c1)N(C)c1cccc(C#N)c1. The lowest BCUT2D eigenvalue weighted by atomic mass is 9.99. The monoisotopic (exact) mass is 343 g/mol. The summed E-state index contributed by atoms with van der Waals surface area (Å²) in [5.74, 6) is 0. The molecule has 0 saturated carbocycles. The molecule has 4 heteroatoms. The molecular weight excluding hydrogens is 326 g/mol. The van der Waals surface area contributed by atoms with Crippen LogP contribution in [0.25, 0.3) is 0 Å². The van der Waals surface area contributed by atoms with Crippen molar-refractivity contribution in [2.24, 2.45) is 5.73 Å². The second kappa shape index (κ2) is 6.75. The van der Waals surface area contributed by atoms with Gasteiger partial charge in [0.05, 0.1) is 17.7 Å². The quantitative estimate of drug-likeness (QED) is 0.917. The fourth-order valence-electron chi connectivity index (χ4n) is 2.53. The lowest BCUT2D eigenvalue weighted by Crippen LogP contribution is -2.37. The van der Waals surface area contributed by atoms with E-state index >= 15 is 0 Å². The van der Waals surface area contributed by atoms with Crippen LogP contribution in [0.3, 0.4) is 0 Å². The number of halogens is 1. The van der Waals surface area contributed by atoms with Crippen molar-refractivity contribution in [3.8, 4) is 6.07 Å². The maximum absolute atomic E-state index is 9.05. The second-order valence-corrected chi connectivity index (χ2v) is 6.05. The van der Waals surface area contributed by atoms with Crippen LogP contribution in [0.2, 0.25) is 0 Å². The highest BCUT2D eigenvalue weighted by atomic mass is 79.9. The van der Waals surface area contributed by atoms with Crippen LogP contribution in [0.15, 0.2) is 53.0 Å². The Morgan fingerprint density at radius 2 is 1.90 bits per heavy atom. The van der Waals surface area contributed by atoms with Crippen molar-refractivity contribution in [1.29, 1.82) is 5.26 Å². The summed E-state index contributed by atoms with van der Waals surface area (Å²) in [4.78, 5) is 2.12. The third-order valence-electron chi connectivity index (χ3n) is 3.49. The molecule has 2 rings (SSSR count). The second-order valence-electron chi connectivity index (χ2n) is 5.13. The molecular formula is C17H18BrN3. The predicted molar refractivity (Wildman–Crippen MR) is 90.1 cm³/mol. The Morgan fingerprint density at radius 1 is 1.19 bits per heavy atom. The van der Waals surface area contributed by atoms with Crippen molar-refractivity contribution in [2.75, 3.05) is 11.9 Å². The highest BCUT2D eigenvalue weighted by molar-refractivity contribution is 9.10. The zero-order valence-corrected chi connectivity index (χ0v) is 13.7. The predicted octanol–water partition coefficient (Wildman–Crippen LogP) is 3.85. The van der Waals surface area contributed by atoms with E-state index in [-0.39, 0.29) is 12.1 Å². The standard InChI is InChI=1S/C17H18BrN3/c1-12(20)17(14-6-4-7-15(18)10-14)21(2)16-8-3-5-13(9-16)11-19/h3-10,12,17H,20H2,1-2H3. The number of benzene rings is 2. The smallest absolute Gasteiger partial charge is 0.0992 e. The van der Waals surface area contributed by atoms with Gasteiger partial charge in [0.15, 0.2) is 0 Å². The molecule has 2 aromatic rings. The summed E-state index contributed by atoms with van der Waals surface area (Å²) in [7, 11) is 2.01. The number of nitrogens with zero attached hydrogens (tertiary/aromatic N) is 2. The Bertz CT molecular complexity index is 661. The van der Waals surface area contributed by atoms with Crippen LogP contribution in [0.1, 0.15) is 24.1 Å². The van der Waals surface area contributed by atoms with E-state index in [9.17, 15) is 0 Å². The Labute approximate surface area is 134 Å². The van der Waals surface area contributed by atoms with E-state index in [0.717, 1.165) is 15.7 Å². The molecule has 0 aliphatic rings. The van der Waals surface area contributed by atoms with E-state index in [4.69, 9.17) is 11.0 Å². The molecule has 0 saturated heterocycles. The topological polar surface area (TPSA) is 53.0 Å². The third kappa shape index (κ3) is 3.63. The van der Waals surface area contributed by atoms with Crippen molar-refractivity contribution in [3.63, 3.8) is 0 Å². The van der Waals surface area contributed by atoms with Crippen LogP contribution in [-0.2, 0) is 0 Å². The molecule has 108 valence electrons. The molecule has 0 bridgehead atoms. The van der Waals surface area contributed by atoms with Gasteiger partial charge in [0.2, 0.25) is 0 Å². The largest absolute Gasteiger partial charge is 0.366 e. The maximum atomic E-state index is 9.05. The molecule has 3 nitrogen and oxygen atoms in total. The van der Waals surface area contributed by atoms with Gasteiger partial charge in [0.25, 0.3) is 0 Å². The number of nitriles is 1. The van der Waals surface area contributed by atoms with Crippen LogP contribution in [0.4, 0.5) is 5.69 Å². The average Bonchev–Trinajstić information content (AvgIpc) is 2.47. The van der Waals surface area contributed by atoms with Crippen molar-refractivity contribution in [3.05, 3.63) is 64.1 Å². The summed E-state index contributed by atoms with van der Waals surface area (Å²) in [6, 6.07) is 17.9. The van der Waals surface area contributed by atoms with Crippen LogP contribution >= 0.6 is 15.9 Å². The molecule has 0 aliphatic heterocycles. The van der Waals surface area contributed by atoms with E-state index < -0.39 is 0 Å². The van der Waals surface area contributed by atoms with Crippen molar-refractivity contribution < 1.29 is 0 Å². The summed E-state index contributed by atoms with van der Waals surface area (Å²) in [5, 5.41) is 9.05. The van der Waals surface area contributed by atoms with E-state index in [1.165, 1.54) is 0 Å². The Morgan fingerprint density at radius 3 is 2.52 bits per heavy atom. The molecule has 0 heterocycles. The minimum atomic E-state index is -0.0463. The van der Waals surface area contributed by atoms with Gasteiger partial charge in [0, 0.05) is 23.2 Å². The molecule has 21 heavy (non-hydrogen) atoms. The number of hydrogen-bond donors (Lipinski definition) is 1. The Hall–Kier alpha value is -1.83. The molecule has 0 fully saturated rings. The number of likely N-dealkylation sites (N-methyl/N-ethyl adjacent to an activating group) is 1. The highest BCUT2D eigenvalue weighted by Crippen LogP contribution is 2.29. The van der Waals surface area contributed by atoms with Gasteiger partial charge in [-0.05, 0) is 42.8 Å². The number of hydrogen-bond acceptors (Lipinski definition) is 3. The van der Waals surface area contributed by atoms with Crippen LogP contribution in [0, 0.1) is 11.3 Å². The van der Waals surface area contributed by atoms with Crippen LogP contribution in [0.5, 0.6) is 0 Å². The minimum absolute atomic E-state index is 0.0384. The molecule has 2 N–H and O–H groups in total. The first-order chi connectivity index (χ1) is 10.0. The zero-order valence-electron chi connectivity index (χ0n) is 12.1. The van der Waals surface area contributed by atoms with Crippen LogP contribution in [-0.4, -0.2) is 13.1 Å². The number of rotatable bonds is 4. The van der Waals surface area contributed by atoms with Gasteiger partial charge in [-0.15, -0.1) is 0 Å². The summed E-state index contributed by atoms with van der Waals surface area (Å²) in [6.45, 7) is 2.00. The molecule has 0 radical (unpaired) electrons. The Balaban J connectivity index is 2.40. The van der Waals surface area contributed by atoms with Gasteiger partial charge in [0.1, 0.15) is 0 Å². The molecule has 0 aliphatic carbocycles. The molecule has 2 unspecified atom stereocenters. The molecule has 2 aromatic carbocycles. The fourth-order valence-corrected chi connectivity index (χ4v) is 2.94. The average molecular weight is 344 g/mol. The van der Waals surface area contributed by atoms with E-state index in [1.807, 2.05) is 44.3 Å². The first-order valence-electron chi connectivity index (χ1n) is 6.77. The van der Waals surface area contributed by atoms with E-state index in [2.05, 4.69) is 39.0 Å². The first-order valence-corrected chi connectivity index (χ1v) is 7.56. The van der Waals surface area contributed by atoms with Crippen LogP contribution < -0.4 is 10.6 Å². The zero-order chi connectivity index (χ0) is 15.4. The van der Waals surface area contributed by atoms with Gasteiger partial charge < -0.3 is 10.6 Å². The summed E-state index contributed by atoms with van der Waals surface area (Å²) < 4.78 is 1.03. The normalized spacial score (nSPS) is 13.3. The summed E-state index contributed by atoms with van der Waals surface area (Å²) >= 11 is 3.51. The number of nitrogens with two attached hydrogens (primary N) is 1. The third-order valence-corrected chi connectivity index (χ3v) is 3.98. The highest BCUT2D eigenvalue weighted by Gasteiger charge is 2.22. The number of anilines is 1. The van der Waals surface area contributed by atoms with Crippen molar-refractivity contribution >= 4 is 21.6 Å². The van der Waals surface area contributed by atoms with E-state index in [1.54, 1.807) is 6.07 Å². The summed E-state index contributed by atoms with van der Waals surface area (Å²) in [6.07, 6.45) is 0. The van der Waals surface area contributed by atoms with E-state index in [0.29, 0.717) is 5.56 Å². The Kier molecular flexibility index (Phi) is 5.00. The summed E-state index contributed by atoms with van der Waals surface area (Å²) in [5.41, 5.74) is 8.98. The molecule has 0 spiro atoms. The van der Waals surface area contributed by atoms with Gasteiger partial charge in [-0.2, -0.15) is 5.26 Å². The van der Waals surface area contributed by atoms with Gasteiger partial charge in [-0.25, -0.2) is 0 Å². The van der Waals surface area contributed by atoms with Gasteiger partial charge in [-0.3, -0.25) is 0 Å². The van der Waals surface area contributed by atoms with Crippen molar-refractivity contribution in [2.45, 2.75) is 19.0 Å². The molecule has 0 aromatic heterocycles. The van der Waals surface area contributed by atoms with Gasteiger partial charge >= 0.3 is 0 Å². The molecule has 0 amide bonds. The minimum Gasteiger partial charge on any atom is -0.366 e.